The normalized spacial score (nSPS) is 10.6. The van der Waals surface area contributed by atoms with Gasteiger partial charge in [-0.15, -0.1) is 23.1 Å². The molecule has 0 spiro atoms. The Morgan fingerprint density at radius 3 is 2.79 bits per heavy atom. The van der Waals surface area contributed by atoms with Crippen molar-refractivity contribution in [3.63, 3.8) is 0 Å². The fourth-order valence-corrected chi connectivity index (χ4v) is 4.15. The topological polar surface area (TPSA) is 42.0 Å². The lowest BCUT2D eigenvalue weighted by Gasteiger charge is -2.07. The first kappa shape index (κ1) is 17.0. The van der Waals surface area contributed by atoms with Gasteiger partial charge in [-0.1, -0.05) is 11.6 Å². The van der Waals surface area contributed by atoms with Gasteiger partial charge >= 0.3 is 0 Å². The first-order valence-corrected chi connectivity index (χ1v) is 9.23. The SMILES string of the molecule is O=C(Nc1ccc(F)c(Cl)c1)c1sccc1SCc1ccncc1. The van der Waals surface area contributed by atoms with Crippen molar-refractivity contribution in [2.75, 3.05) is 5.32 Å². The van der Waals surface area contributed by atoms with Crippen LogP contribution in [-0.2, 0) is 5.75 Å². The Bertz CT molecular complexity index is 855. The summed E-state index contributed by atoms with van der Waals surface area (Å²) in [5, 5.41) is 4.60. The first-order chi connectivity index (χ1) is 11.6. The number of hydrogen-bond donors (Lipinski definition) is 1. The average Bonchev–Trinajstić information content (AvgIpc) is 3.06. The van der Waals surface area contributed by atoms with Crippen LogP contribution in [-0.4, -0.2) is 10.9 Å². The maximum absolute atomic E-state index is 13.2. The number of halogens is 2. The number of nitrogens with zero attached hydrogens (tertiary/aromatic N) is 1. The van der Waals surface area contributed by atoms with E-state index in [-0.39, 0.29) is 10.9 Å². The number of pyridine rings is 1. The molecule has 0 aliphatic rings. The first-order valence-electron chi connectivity index (χ1n) is 6.99. The van der Waals surface area contributed by atoms with Crippen LogP contribution in [0.2, 0.25) is 5.02 Å². The lowest BCUT2D eigenvalue weighted by Crippen LogP contribution is -2.11. The molecule has 24 heavy (non-hydrogen) atoms. The summed E-state index contributed by atoms with van der Waals surface area (Å²) in [6.07, 6.45) is 3.49. The smallest absolute Gasteiger partial charge is 0.266 e. The second-order valence-electron chi connectivity index (χ2n) is 4.84. The number of nitrogens with one attached hydrogen (secondary N) is 1. The van der Waals surface area contributed by atoms with Gasteiger partial charge in [0.15, 0.2) is 0 Å². The Morgan fingerprint density at radius 1 is 1.25 bits per heavy atom. The standard InChI is InChI=1S/C17H12ClFN2OS2/c18-13-9-12(1-2-14(13)19)21-17(22)16-15(5-8-23-16)24-10-11-3-6-20-7-4-11/h1-9H,10H2,(H,21,22). The average molecular weight is 379 g/mol. The van der Waals surface area contributed by atoms with Gasteiger partial charge < -0.3 is 5.32 Å². The molecule has 2 aromatic heterocycles. The van der Waals surface area contributed by atoms with Gasteiger partial charge in [0.1, 0.15) is 10.7 Å². The molecule has 3 rings (SSSR count). The number of carbonyl (C=O) groups is 1. The predicted molar refractivity (Wildman–Crippen MR) is 97.5 cm³/mol. The molecule has 0 radical (unpaired) electrons. The number of aromatic nitrogens is 1. The molecule has 1 amide bonds. The van der Waals surface area contributed by atoms with E-state index in [9.17, 15) is 9.18 Å². The van der Waals surface area contributed by atoms with Crippen molar-refractivity contribution in [3.8, 4) is 0 Å². The molecule has 7 heteroatoms. The van der Waals surface area contributed by atoms with Crippen molar-refractivity contribution in [2.24, 2.45) is 0 Å². The molecule has 0 saturated heterocycles. The monoisotopic (exact) mass is 378 g/mol. The van der Waals surface area contributed by atoms with Gasteiger partial charge in [-0.05, 0) is 47.3 Å². The van der Waals surface area contributed by atoms with Gasteiger partial charge in [-0.25, -0.2) is 4.39 Å². The molecular weight excluding hydrogens is 367 g/mol. The van der Waals surface area contributed by atoms with Crippen LogP contribution in [0.15, 0.2) is 59.1 Å². The summed E-state index contributed by atoms with van der Waals surface area (Å²) in [5.41, 5.74) is 1.60. The van der Waals surface area contributed by atoms with E-state index in [1.807, 2.05) is 23.6 Å². The number of benzene rings is 1. The zero-order chi connectivity index (χ0) is 16.9. The van der Waals surface area contributed by atoms with Crippen molar-refractivity contribution in [1.29, 1.82) is 0 Å². The highest BCUT2D eigenvalue weighted by Gasteiger charge is 2.14. The molecule has 3 nitrogen and oxygen atoms in total. The summed E-state index contributed by atoms with van der Waals surface area (Å²) >= 11 is 8.69. The minimum absolute atomic E-state index is 0.0220. The highest BCUT2D eigenvalue weighted by molar-refractivity contribution is 7.98. The number of thioether (sulfide) groups is 1. The summed E-state index contributed by atoms with van der Waals surface area (Å²) in [5.74, 6) is 0.00586. The predicted octanol–water partition coefficient (Wildman–Crippen LogP) is 5.48. The van der Waals surface area contributed by atoms with Gasteiger partial charge in [0.25, 0.3) is 5.91 Å². The highest BCUT2D eigenvalue weighted by atomic mass is 35.5. The van der Waals surface area contributed by atoms with Gasteiger partial charge in [0.2, 0.25) is 0 Å². The Kier molecular flexibility index (Phi) is 5.50. The number of anilines is 1. The van der Waals surface area contributed by atoms with E-state index in [1.165, 1.54) is 29.5 Å². The maximum Gasteiger partial charge on any atom is 0.266 e. The van der Waals surface area contributed by atoms with Crippen LogP contribution in [0.4, 0.5) is 10.1 Å². The zero-order valence-corrected chi connectivity index (χ0v) is 14.7. The van der Waals surface area contributed by atoms with E-state index in [0.29, 0.717) is 10.6 Å². The molecule has 0 unspecified atom stereocenters. The van der Waals surface area contributed by atoms with Gasteiger partial charge in [-0.3, -0.25) is 9.78 Å². The third-order valence-corrected chi connectivity index (χ3v) is 5.62. The van der Waals surface area contributed by atoms with Gasteiger partial charge in [0, 0.05) is 28.7 Å². The summed E-state index contributed by atoms with van der Waals surface area (Å²) < 4.78 is 13.2. The van der Waals surface area contributed by atoms with E-state index in [1.54, 1.807) is 24.2 Å². The number of rotatable bonds is 5. The van der Waals surface area contributed by atoms with Crippen molar-refractivity contribution >= 4 is 46.3 Å². The van der Waals surface area contributed by atoms with Crippen LogP contribution < -0.4 is 5.32 Å². The quantitative estimate of drug-likeness (QED) is 0.597. The summed E-state index contributed by atoms with van der Waals surface area (Å²) in [7, 11) is 0. The van der Waals surface area contributed by atoms with Crippen molar-refractivity contribution in [2.45, 2.75) is 10.6 Å². The summed E-state index contributed by atoms with van der Waals surface area (Å²) in [6.45, 7) is 0. The number of carbonyl (C=O) groups excluding carboxylic acids is 1. The third kappa shape index (κ3) is 4.14. The summed E-state index contributed by atoms with van der Waals surface area (Å²) in [6, 6.07) is 9.91. The molecule has 2 heterocycles. The minimum atomic E-state index is -0.514. The number of hydrogen-bond acceptors (Lipinski definition) is 4. The van der Waals surface area contributed by atoms with Gasteiger partial charge in [0.05, 0.1) is 5.02 Å². The van der Waals surface area contributed by atoms with Crippen LogP contribution >= 0.6 is 34.7 Å². The van der Waals surface area contributed by atoms with Crippen molar-refractivity contribution in [1.82, 2.24) is 4.98 Å². The molecule has 122 valence electrons. The maximum atomic E-state index is 13.2. The second-order valence-corrected chi connectivity index (χ2v) is 7.18. The minimum Gasteiger partial charge on any atom is -0.321 e. The van der Waals surface area contributed by atoms with Crippen LogP contribution in [0.3, 0.4) is 0 Å². The van der Waals surface area contributed by atoms with Crippen LogP contribution in [0, 0.1) is 5.82 Å². The number of thiophene rings is 1. The van der Waals surface area contributed by atoms with Gasteiger partial charge in [-0.2, -0.15) is 0 Å². The van der Waals surface area contributed by atoms with Crippen LogP contribution in [0.25, 0.3) is 0 Å². The largest absolute Gasteiger partial charge is 0.321 e. The highest BCUT2D eigenvalue weighted by Crippen LogP contribution is 2.31. The van der Waals surface area contributed by atoms with E-state index in [2.05, 4.69) is 10.3 Å². The van der Waals surface area contributed by atoms with Crippen LogP contribution in [0.5, 0.6) is 0 Å². The van der Waals surface area contributed by atoms with E-state index in [0.717, 1.165) is 16.2 Å². The second kappa shape index (κ2) is 7.79. The Balaban J connectivity index is 1.69. The zero-order valence-electron chi connectivity index (χ0n) is 12.3. The molecule has 0 fully saturated rings. The fraction of sp³-hybridized carbons (Fsp3) is 0.0588. The lowest BCUT2D eigenvalue weighted by atomic mass is 10.3. The molecule has 0 atom stereocenters. The molecule has 3 aromatic rings. The molecule has 0 aliphatic carbocycles. The van der Waals surface area contributed by atoms with Crippen molar-refractivity contribution in [3.05, 3.63) is 75.5 Å². The van der Waals surface area contributed by atoms with E-state index < -0.39 is 5.82 Å². The Labute approximate surface area is 151 Å². The molecule has 0 bridgehead atoms. The molecular formula is C17H12ClFN2OS2. The molecule has 0 aliphatic heterocycles. The van der Waals surface area contributed by atoms with E-state index >= 15 is 0 Å². The number of amides is 1. The van der Waals surface area contributed by atoms with Crippen LogP contribution in [0.1, 0.15) is 15.2 Å². The summed E-state index contributed by atoms with van der Waals surface area (Å²) in [4.78, 5) is 18.0. The molecule has 0 saturated carbocycles. The Hall–Kier alpha value is -1.89. The van der Waals surface area contributed by atoms with E-state index in [4.69, 9.17) is 11.6 Å². The third-order valence-electron chi connectivity index (χ3n) is 3.16. The van der Waals surface area contributed by atoms with Crippen molar-refractivity contribution < 1.29 is 9.18 Å². The molecule has 1 aromatic carbocycles. The fourth-order valence-electron chi connectivity index (χ4n) is 1.98. The Morgan fingerprint density at radius 2 is 2.04 bits per heavy atom. The molecule has 1 N–H and O–H groups in total. The lowest BCUT2D eigenvalue weighted by molar-refractivity contribution is 0.102.